The van der Waals surface area contributed by atoms with E-state index in [4.69, 9.17) is 0 Å². The second-order valence-electron chi connectivity index (χ2n) is 4.50. The van der Waals surface area contributed by atoms with E-state index >= 15 is 0 Å². The molecule has 0 amide bonds. The molecule has 50 valence electrons. The Balaban J connectivity index is 4.02. The van der Waals surface area contributed by atoms with Crippen molar-refractivity contribution in [3.8, 4) is 0 Å². The molecule has 0 rings (SSSR count). The summed E-state index contributed by atoms with van der Waals surface area (Å²) in [5.74, 6) is 0. The van der Waals surface area contributed by atoms with Crippen molar-refractivity contribution in [2.24, 2.45) is 0 Å². The molecule has 0 heterocycles. The van der Waals surface area contributed by atoms with E-state index in [0.29, 0.717) is 3.72 Å². The Morgan fingerprint density at radius 1 is 1.12 bits per heavy atom. The van der Waals surface area contributed by atoms with Crippen LogP contribution < -0.4 is 0 Å². The van der Waals surface area contributed by atoms with Gasteiger partial charge in [0.2, 0.25) is 0 Å². The summed E-state index contributed by atoms with van der Waals surface area (Å²) in [5, 5.41) is 5.04. The molecule has 0 unspecified atom stereocenters. The Hall–Kier alpha value is 0.931. The molecule has 0 aromatic heterocycles. The molecule has 2 heteroatoms. The van der Waals surface area contributed by atoms with Gasteiger partial charge in [-0.3, -0.25) is 0 Å². The minimum atomic E-state index is -1.17. The van der Waals surface area contributed by atoms with Crippen molar-refractivity contribution in [2.45, 2.75) is 34.9 Å². The molecule has 0 fully saturated rings. The Morgan fingerprint density at radius 2 is 1.25 bits per heavy atom. The fourth-order valence-electron chi connectivity index (χ4n) is 0. The fourth-order valence-corrected chi connectivity index (χ4v) is 0. The summed E-state index contributed by atoms with van der Waals surface area (Å²) in [4.78, 5) is 0. The Morgan fingerprint density at radius 3 is 1.25 bits per heavy atom. The van der Waals surface area contributed by atoms with Crippen LogP contribution in [-0.2, 0) is 15.8 Å². The van der Waals surface area contributed by atoms with Crippen molar-refractivity contribution >= 4 is 8.11 Å². The predicted octanol–water partition coefficient (Wildman–Crippen LogP) is 1.74. The van der Waals surface area contributed by atoms with E-state index in [1.165, 1.54) is 8.11 Å². The molecule has 0 aliphatic carbocycles. The standard InChI is InChI=1S/C4H9.2CH3.H3Si.Ti/c1-4(2)3;;;;/h1-3H3;3*1H3;. The van der Waals surface area contributed by atoms with Gasteiger partial charge >= 0.3 is 58.9 Å². The van der Waals surface area contributed by atoms with Gasteiger partial charge in [0.1, 0.15) is 0 Å². The Labute approximate surface area is 59.0 Å². The monoisotopic (exact) mass is 166 g/mol. The van der Waals surface area contributed by atoms with Gasteiger partial charge < -0.3 is 0 Å². The van der Waals surface area contributed by atoms with Crippen LogP contribution in [0.5, 0.6) is 0 Å². The van der Waals surface area contributed by atoms with Gasteiger partial charge in [-0.05, 0) is 0 Å². The zero-order valence-electron chi connectivity index (χ0n) is 7.00. The second kappa shape index (κ2) is 2.28. The molecule has 0 aromatic carbocycles. The van der Waals surface area contributed by atoms with E-state index in [1.54, 1.807) is 0 Å². The van der Waals surface area contributed by atoms with Gasteiger partial charge in [0.15, 0.2) is 0 Å². The van der Waals surface area contributed by atoms with E-state index in [0.717, 1.165) is 0 Å². The normalized spacial score (nSPS) is 14.6. The van der Waals surface area contributed by atoms with Crippen LogP contribution >= 0.6 is 0 Å². The molecule has 0 aromatic rings. The first-order valence-electron chi connectivity index (χ1n) is 3.25. The van der Waals surface area contributed by atoms with E-state index in [2.05, 4.69) is 31.2 Å². The van der Waals surface area contributed by atoms with Gasteiger partial charge in [0.25, 0.3) is 0 Å². The van der Waals surface area contributed by atoms with Crippen molar-refractivity contribution in [1.82, 2.24) is 0 Å². The summed E-state index contributed by atoms with van der Waals surface area (Å²) in [6.45, 7) is 7.17. The van der Waals surface area contributed by atoms with Crippen LogP contribution in [0.25, 0.3) is 0 Å². The molecule has 0 saturated heterocycles. The van der Waals surface area contributed by atoms with Gasteiger partial charge in [-0.1, -0.05) is 0 Å². The molecule has 0 spiro atoms. The van der Waals surface area contributed by atoms with E-state index in [9.17, 15) is 0 Å². The third kappa shape index (κ3) is 2.47. The summed E-state index contributed by atoms with van der Waals surface area (Å²) in [6, 6.07) is 0. The van der Waals surface area contributed by atoms with Crippen molar-refractivity contribution in [3.63, 3.8) is 0 Å². The van der Waals surface area contributed by atoms with Gasteiger partial charge in [0.05, 0.1) is 0 Å². The zero-order valence-corrected chi connectivity index (χ0v) is 10.6. The van der Waals surface area contributed by atoms with Crippen LogP contribution in [0.4, 0.5) is 0 Å². The van der Waals surface area contributed by atoms with E-state index in [1.807, 2.05) is 0 Å². The van der Waals surface area contributed by atoms with Gasteiger partial charge in [-0.25, -0.2) is 0 Å². The van der Waals surface area contributed by atoms with Crippen LogP contribution in [0.3, 0.4) is 0 Å². The van der Waals surface area contributed by atoms with Crippen molar-refractivity contribution < 1.29 is 15.8 Å². The third-order valence-corrected chi connectivity index (χ3v) is 15.5. The van der Waals surface area contributed by atoms with Crippen molar-refractivity contribution in [1.29, 1.82) is 0 Å². The molecule has 0 radical (unpaired) electrons. The minimum absolute atomic E-state index is 0.687. The number of hydrogen-bond donors (Lipinski definition) is 0. The quantitative estimate of drug-likeness (QED) is 0.481. The molecular formula is C6H18SiTi. The molecule has 0 N–H and O–H groups in total. The fraction of sp³-hybridized carbons (Fsp3) is 1.00. The maximum atomic E-state index is 2.52. The van der Waals surface area contributed by atoms with Crippen molar-refractivity contribution in [2.75, 3.05) is 0 Å². The zero-order chi connectivity index (χ0) is 7.00. The van der Waals surface area contributed by atoms with Crippen LogP contribution in [0, 0.1) is 0 Å². The van der Waals surface area contributed by atoms with Gasteiger partial charge in [0, 0.05) is 0 Å². The summed E-state index contributed by atoms with van der Waals surface area (Å²) in [7, 11) is 1.47. The second-order valence-corrected chi connectivity index (χ2v) is 24.2. The average Bonchev–Trinajstić information content (AvgIpc) is 1.25. The number of rotatable bonds is 0. The molecule has 0 aliphatic rings. The molecular weight excluding hydrogens is 148 g/mol. The first-order chi connectivity index (χ1) is 3.25. The third-order valence-electron chi connectivity index (χ3n) is 2.25. The summed E-state index contributed by atoms with van der Waals surface area (Å²) in [6.07, 6.45) is 0. The summed E-state index contributed by atoms with van der Waals surface area (Å²) < 4.78 is 0.687. The van der Waals surface area contributed by atoms with Crippen LogP contribution in [-0.4, -0.2) is 8.11 Å². The molecule has 0 saturated carbocycles. The Kier molecular flexibility index (Phi) is 2.54. The average molecular weight is 166 g/mol. The SMILES string of the molecule is C[C](C)(C)[Ti]([CH3])([CH3])[SiH3]. The van der Waals surface area contributed by atoms with E-state index in [-0.39, 0.29) is 0 Å². The molecule has 0 nitrogen and oxygen atoms in total. The molecule has 8 heavy (non-hydrogen) atoms. The van der Waals surface area contributed by atoms with Crippen LogP contribution in [0.2, 0.25) is 14.2 Å². The van der Waals surface area contributed by atoms with Gasteiger partial charge in [-0.2, -0.15) is 0 Å². The Bertz CT molecular complexity index is 63.5. The molecule has 0 aliphatic heterocycles. The molecule has 0 atom stereocenters. The van der Waals surface area contributed by atoms with E-state index < -0.39 is 15.8 Å². The summed E-state index contributed by atoms with van der Waals surface area (Å²) >= 11 is -1.17. The first-order valence-corrected chi connectivity index (χ1v) is 12.8. The topological polar surface area (TPSA) is 0 Å². The maximum absolute atomic E-state index is 2.52. The number of hydrogen-bond acceptors (Lipinski definition) is 0. The van der Waals surface area contributed by atoms with Crippen molar-refractivity contribution in [3.05, 3.63) is 0 Å². The van der Waals surface area contributed by atoms with Crippen LogP contribution in [0.1, 0.15) is 20.8 Å². The van der Waals surface area contributed by atoms with Crippen LogP contribution in [0.15, 0.2) is 0 Å². The predicted molar refractivity (Wildman–Crippen MR) is 41.4 cm³/mol. The summed E-state index contributed by atoms with van der Waals surface area (Å²) in [5.41, 5.74) is 0. The first kappa shape index (κ1) is 8.93. The van der Waals surface area contributed by atoms with Gasteiger partial charge in [-0.15, -0.1) is 0 Å². The molecule has 0 bridgehead atoms.